The number of esters is 2. The van der Waals surface area contributed by atoms with E-state index < -0.39 is 22.4 Å². The quantitative estimate of drug-likeness (QED) is 0.225. The van der Waals surface area contributed by atoms with Crippen molar-refractivity contribution in [3.63, 3.8) is 0 Å². The van der Waals surface area contributed by atoms with Crippen molar-refractivity contribution in [1.82, 2.24) is 0 Å². The van der Waals surface area contributed by atoms with E-state index in [-0.39, 0.29) is 26.4 Å². The van der Waals surface area contributed by atoms with Gasteiger partial charge in [-0.3, -0.25) is 9.59 Å². The second-order valence-electron chi connectivity index (χ2n) is 6.72. The van der Waals surface area contributed by atoms with Crippen molar-refractivity contribution in [2.75, 3.05) is 26.4 Å². The monoisotopic (exact) mass is 484 g/mol. The van der Waals surface area contributed by atoms with Gasteiger partial charge in [0, 0.05) is 0 Å². The Labute approximate surface area is 202 Å². The Morgan fingerprint density at radius 2 is 1.09 bits per heavy atom. The average molecular weight is 485 g/mol. The lowest BCUT2D eigenvalue weighted by Gasteiger charge is -2.14. The number of thiocyanates is 2. The largest absolute Gasteiger partial charge is 0.462 e. The van der Waals surface area contributed by atoms with Crippen LogP contribution >= 0.6 is 23.5 Å². The molecule has 0 fully saturated rings. The standard InChI is InChI=1S/C24H24N2O5S2/c25-17-32-21(15-19-7-3-1-4-8-19)23(27)30-13-11-29-12-14-31-24(28)22(33-18-26)16-20-9-5-2-6-10-20/h1-10,21-22H,11-16H2. The summed E-state index contributed by atoms with van der Waals surface area (Å²) in [6.07, 6.45) is 0.805. The first-order valence-electron chi connectivity index (χ1n) is 10.2. The normalized spacial score (nSPS) is 12.1. The third-order valence-corrected chi connectivity index (χ3v) is 5.89. The van der Waals surface area contributed by atoms with Gasteiger partial charge in [0.1, 0.15) is 34.5 Å². The predicted octanol–water partition coefficient (Wildman–Crippen LogP) is 3.74. The lowest BCUT2D eigenvalue weighted by molar-refractivity contribution is -0.146. The summed E-state index contributed by atoms with van der Waals surface area (Å²) in [5.74, 6) is -0.949. The first kappa shape index (κ1) is 26.3. The Bertz CT molecular complexity index is 867. The topological polar surface area (TPSA) is 109 Å². The van der Waals surface area contributed by atoms with Gasteiger partial charge in [0.15, 0.2) is 0 Å². The summed E-state index contributed by atoms with van der Waals surface area (Å²) >= 11 is 1.74. The summed E-state index contributed by atoms with van der Waals surface area (Å²) in [5.41, 5.74) is 1.89. The van der Waals surface area contributed by atoms with E-state index in [4.69, 9.17) is 24.7 Å². The molecule has 2 atom stereocenters. The maximum Gasteiger partial charge on any atom is 0.320 e. The zero-order valence-electron chi connectivity index (χ0n) is 17.9. The summed E-state index contributed by atoms with van der Waals surface area (Å²) in [6, 6.07) is 18.8. The Kier molecular flexibility index (Phi) is 12.5. The second-order valence-corrected chi connectivity index (χ2v) is 8.70. The molecule has 0 saturated carbocycles. The van der Waals surface area contributed by atoms with Crippen LogP contribution in [0.5, 0.6) is 0 Å². The van der Waals surface area contributed by atoms with E-state index in [2.05, 4.69) is 0 Å². The predicted molar refractivity (Wildman–Crippen MR) is 127 cm³/mol. The fourth-order valence-electron chi connectivity index (χ4n) is 2.82. The molecule has 0 aromatic heterocycles. The molecule has 2 rings (SSSR count). The molecule has 33 heavy (non-hydrogen) atoms. The highest BCUT2D eigenvalue weighted by atomic mass is 32.2. The summed E-state index contributed by atoms with van der Waals surface area (Å²) in [6.45, 7) is 0.341. The number of nitriles is 2. The molecule has 0 radical (unpaired) electrons. The summed E-state index contributed by atoms with van der Waals surface area (Å²) < 4.78 is 15.8. The number of rotatable bonds is 14. The molecule has 0 N–H and O–H groups in total. The van der Waals surface area contributed by atoms with Gasteiger partial charge in [0.05, 0.1) is 13.2 Å². The van der Waals surface area contributed by atoms with Crippen LogP contribution in [-0.2, 0) is 36.6 Å². The Morgan fingerprint density at radius 3 is 1.45 bits per heavy atom. The van der Waals surface area contributed by atoms with Crippen LogP contribution in [0.1, 0.15) is 11.1 Å². The molecule has 0 spiro atoms. The molecule has 172 valence electrons. The minimum Gasteiger partial charge on any atom is -0.462 e. The zero-order valence-corrected chi connectivity index (χ0v) is 19.6. The lowest BCUT2D eigenvalue weighted by Crippen LogP contribution is -2.25. The molecule has 9 heteroatoms. The van der Waals surface area contributed by atoms with Crippen LogP contribution in [0.4, 0.5) is 0 Å². The molecule has 0 bridgehead atoms. The van der Waals surface area contributed by atoms with Crippen LogP contribution in [0.2, 0.25) is 0 Å². The number of thioether (sulfide) groups is 2. The first-order chi connectivity index (χ1) is 16.1. The minimum atomic E-state index is -0.613. The third-order valence-electron chi connectivity index (χ3n) is 4.39. The van der Waals surface area contributed by atoms with Gasteiger partial charge in [-0.2, -0.15) is 10.5 Å². The minimum absolute atomic E-state index is 0.0327. The smallest absolute Gasteiger partial charge is 0.320 e. The molecule has 2 aromatic carbocycles. The lowest BCUT2D eigenvalue weighted by atomic mass is 10.1. The molecule has 0 aliphatic rings. The average Bonchev–Trinajstić information content (AvgIpc) is 2.84. The van der Waals surface area contributed by atoms with Crippen molar-refractivity contribution < 1.29 is 23.8 Å². The van der Waals surface area contributed by atoms with E-state index >= 15 is 0 Å². The van der Waals surface area contributed by atoms with Crippen molar-refractivity contribution in [3.8, 4) is 10.8 Å². The summed E-state index contributed by atoms with van der Waals surface area (Å²) in [4.78, 5) is 24.5. The van der Waals surface area contributed by atoms with E-state index in [1.807, 2.05) is 71.5 Å². The highest BCUT2D eigenvalue weighted by Crippen LogP contribution is 2.18. The van der Waals surface area contributed by atoms with Gasteiger partial charge in [-0.1, -0.05) is 60.7 Å². The molecule has 0 aliphatic heterocycles. The van der Waals surface area contributed by atoms with Gasteiger partial charge in [-0.05, 0) is 47.5 Å². The fourth-order valence-corrected chi connectivity index (χ4v) is 3.95. The van der Waals surface area contributed by atoms with E-state index in [0.717, 1.165) is 34.7 Å². The van der Waals surface area contributed by atoms with Gasteiger partial charge < -0.3 is 14.2 Å². The van der Waals surface area contributed by atoms with E-state index in [9.17, 15) is 9.59 Å². The van der Waals surface area contributed by atoms with E-state index in [1.165, 1.54) is 0 Å². The van der Waals surface area contributed by atoms with Crippen LogP contribution in [0.25, 0.3) is 0 Å². The number of hydrogen-bond donors (Lipinski definition) is 0. The molecule has 0 saturated heterocycles. The van der Waals surface area contributed by atoms with Gasteiger partial charge in [0.2, 0.25) is 0 Å². The van der Waals surface area contributed by atoms with Crippen molar-refractivity contribution in [2.24, 2.45) is 0 Å². The van der Waals surface area contributed by atoms with Crippen LogP contribution < -0.4 is 0 Å². The SMILES string of the molecule is N#CSC(Cc1ccccc1)C(=O)OCCOCCOC(=O)C(Cc1ccccc1)SC#N. The molecule has 7 nitrogen and oxygen atoms in total. The highest BCUT2D eigenvalue weighted by Gasteiger charge is 2.22. The third kappa shape index (κ3) is 10.5. The Morgan fingerprint density at radius 1 is 0.697 bits per heavy atom. The first-order valence-corrected chi connectivity index (χ1v) is 12.0. The molecule has 0 aliphatic carbocycles. The number of nitrogens with zero attached hydrogens (tertiary/aromatic N) is 2. The fraction of sp³-hybridized carbons (Fsp3) is 0.333. The van der Waals surface area contributed by atoms with Gasteiger partial charge in [-0.15, -0.1) is 0 Å². The maximum atomic E-state index is 12.3. The zero-order chi connectivity index (χ0) is 23.7. The molecular weight excluding hydrogens is 460 g/mol. The molecule has 0 heterocycles. The number of carbonyl (C=O) groups excluding carboxylic acids is 2. The highest BCUT2D eigenvalue weighted by molar-refractivity contribution is 8.05. The molecular formula is C24H24N2O5S2. The van der Waals surface area contributed by atoms with Crippen LogP contribution in [0.3, 0.4) is 0 Å². The van der Waals surface area contributed by atoms with Crippen molar-refractivity contribution in [1.29, 1.82) is 10.5 Å². The van der Waals surface area contributed by atoms with Crippen LogP contribution in [0, 0.1) is 21.3 Å². The van der Waals surface area contributed by atoms with E-state index in [1.54, 1.807) is 0 Å². The Hall–Kier alpha value is -2.98. The number of benzene rings is 2. The molecule has 2 unspecified atom stereocenters. The number of carbonyl (C=O) groups is 2. The molecule has 0 amide bonds. The number of ether oxygens (including phenoxy) is 3. The van der Waals surface area contributed by atoms with E-state index in [0.29, 0.717) is 12.8 Å². The molecule has 2 aromatic rings. The van der Waals surface area contributed by atoms with Crippen LogP contribution in [-0.4, -0.2) is 48.9 Å². The number of hydrogen-bond acceptors (Lipinski definition) is 9. The Balaban J connectivity index is 1.63. The van der Waals surface area contributed by atoms with Crippen molar-refractivity contribution in [2.45, 2.75) is 23.3 Å². The summed E-state index contributed by atoms with van der Waals surface area (Å²) in [5, 5.41) is 20.6. The summed E-state index contributed by atoms with van der Waals surface area (Å²) in [7, 11) is 0. The van der Waals surface area contributed by atoms with Crippen LogP contribution in [0.15, 0.2) is 60.7 Å². The van der Waals surface area contributed by atoms with Gasteiger partial charge in [-0.25, -0.2) is 0 Å². The van der Waals surface area contributed by atoms with Gasteiger partial charge in [0.25, 0.3) is 0 Å². The van der Waals surface area contributed by atoms with Crippen molar-refractivity contribution >= 4 is 35.5 Å². The van der Waals surface area contributed by atoms with Crippen molar-refractivity contribution in [3.05, 3.63) is 71.8 Å². The maximum absolute atomic E-state index is 12.3. The second kappa shape index (κ2) is 15.8. The van der Waals surface area contributed by atoms with Gasteiger partial charge >= 0.3 is 11.9 Å².